The molecule has 0 saturated carbocycles. The summed E-state index contributed by atoms with van der Waals surface area (Å²) in [4.78, 5) is 17.5. The first kappa shape index (κ1) is 11.4. The largest absolute Gasteiger partial charge is 0.478 e. The quantitative estimate of drug-likeness (QED) is 0.692. The van der Waals surface area contributed by atoms with Gasteiger partial charge in [-0.1, -0.05) is 6.07 Å². The maximum Gasteiger partial charge on any atom is 0.337 e. The molecule has 2 aromatic heterocycles. The average molecular weight is 256 g/mol. The molecule has 3 aromatic rings. The van der Waals surface area contributed by atoms with E-state index in [1.807, 2.05) is 0 Å². The molecule has 0 fully saturated rings. The van der Waals surface area contributed by atoms with Crippen LogP contribution >= 0.6 is 0 Å². The van der Waals surface area contributed by atoms with Gasteiger partial charge in [0.1, 0.15) is 0 Å². The van der Waals surface area contributed by atoms with Crippen molar-refractivity contribution < 1.29 is 14.3 Å². The Morgan fingerprint density at radius 1 is 1.32 bits per heavy atom. The van der Waals surface area contributed by atoms with E-state index in [9.17, 15) is 9.18 Å². The van der Waals surface area contributed by atoms with Crippen LogP contribution in [0.25, 0.3) is 22.0 Å². The zero-order chi connectivity index (χ0) is 13.4. The number of halogens is 1. The first-order valence-electron chi connectivity index (χ1n) is 5.62. The van der Waals surface area contributed by atoms with E-state index < -0.39 is 11.9 Å². The van der Waals surface area contributed by atoms with E-state index >= 15 is 0 Å². The van der Waals surface area contributed by atoms with Crippen molar-refractivity contribution in [1.29, 1.82) is 0 Å². The molecule has 19 heavy (non-hydrogen) atoms. The van der Waals surface area contributed by atoms with Crippen LogP contribution in [0, 0.1) is 5.95 Å². The van der Waals surface area contributed by atoms with Crippen LogP contribution in [-0.4, -0.2) is 21.0 Å². The summed E-state index contributed by atoms with van der Waals surface area (Å²) in [6, 6.07) is 8.35. The van der Waals surface area contributed by atoms with Crippen LogP contribution in [0.3, 0.4) is 0 Å². The van der Waals surface area contributed by atoms with Crippen molar-refractivity contribution >= 4 is 16.9 Å². The van der Waals surface area contributed by atoms with Crippen molar-refractivity contribution in [2.24, 2.45) is 0 Å². The number of pyridine rings is 1. The van der Waals surface area contributed by atoms with Crippen LogP contribution in [0.15, 0.2) is 42.7 Å². The lowest BCUT2D eigenvalue weighted by atomic mass is 10.0. The summed E-state index contributed by atoms with van der Waals surface area (Å²) in [5, 5.41) is 9.63. The number of carboxylic acids is 1. The van der Waals surface area contributed by atoms with Gasteiger partial charge in [0.15, 0.2) is 0 Å². The number of aromatic carboxylic acids is 1. The number of rotatable bonds is 2. The molecule has 4 nitrogen and oxygen atoms in total. The van der Waals surface area contributed by atoms with Gasteiger partial charge in [-0.25, -0.2) is 9.78 Å². The molecule has 0 aliphatic carbocycles. The number of carbonyl (C=O) groups is 1. The molecular formula is C14H9FN2O2. The zero-order valence-corrected chi connectivity index (χ0v) is 9.72. The minimum absolute atomic E-state index is 0.168. The topological polar surface area (TPSA) is 66.0 Å². The smallest absolute Gasteiger partial charge is 0.337 e. The second kappa shape index (κ2) is 4.20. The molecule has 2 N–H and O–H groups in total. The minimum Gasteiger partial charge on any atom is -0.478 e. The number of H-pyrrole nitrogens is 1. The highest BCUT2D eigenvalue weighted by Gasteiger charge is 2.12. The summed E-state index contributed by atoms with van der Waals surface area (Å²) in [6.07, 6.45) is 2.80. The summed E-state index contributed by atoms with van der Waals surface area (Å²) in [5.74, 6) is -1.59. The van der Waals surface area contributed by atoms with Gasteiger partial charge in [-0.05, 0) is 29.8 Å². The first-order chi connectivity index (χ1) is 9.16. The fourth-order valence-corrected chi connectivity index (χ4v) is 2.07. The Labute approximate surface area is 107 Å². The SMILES string of the molecule is O=C(O)c1c[nH]c2ccc(-c3cccnc3F)cc12. The second-order valence-corrected chi connectivity index (χ2v) is 4.11. The van der Waals surface area contributed by atoms with Crippen LogP contribution in [-0.2, 0) is 0 Å². The number of carboxylic acid groups (broad SMARTS) is 1. The number of benzene rings is 1. The summed E-state index contributed by atoms with van der Waals surface area (Å²) >= 11 is 0. The predicted molar refractivity (Wildman–Crippen MR) is 68.4 cm³/mol. The molecule has 0 atom stereocenters. The number of aromatic nitrogens is 2. The molecule has 5 heteroatoms. The molecule has 0 spiro atoms. The van der Waals surface area contributed by atoms with Gasteiger partial charge in [0.2, 0.25) is 5.95 Å². The van der Waals surface area contributed by atoms with E-state index in [2.05, 4.69) is 9.97 Å². The maximum absolute atomic E-state index is 13.6. The number of aromatic amines is 1. The van der Waals surface area contributed by atoms with Gasteiger partial charge < -0.3 is 10.1 Å². The Morgan fingerprint density at radius 3 is 2.89 bits per heavy atom. The Morgan fingerprint density at radius 2 is 2.16 bits per heavy atom. The zero-order valence-electron chi connectivity index (χ0n) is 9.72. The Balaban J connectivity index is 2.24. The van der Waals surface area contributed by atoms with Gasteiger partial charge in [-0.15, -0.1) is 0 Å². The van der Waals surface area contributed by atoms with E-state index in [-0.39, 0.29) is 5.56 Å². The molecule has 0 aliphatic rings. The van der Waals surface area contributed by atoms with Gasteiger partial charge >= 0.3 is 5.97 Å². The summed E-state index contributed by atoms with van der Waals surface area (Å²) < 4.78 is 13.6. The van der Waals surface area contributed by atoms with Crippen LogP contribution in [0.4, 0.5) is 4.39 Å². The Kier molecular flexibility index (Phi) is 2.52. The molecule has 94 valence electrons. The fraction of sp³-hybridized carbons (Fsp3) is 0. The van der Waals surface area contributed by atoms with E-state index in [4.69, 9.17) is 5.11 Å². The highest BCUT2D eigenvalue weighted by molar-refractivity contribution is 6.04. The van der Waals surface area contributed by atoms with Crippen molar-refractivity contribution in [2.75, 3.05) is 0 Å². The van der Waals surface area contributed by atoms with Crippen LogP contribution in [0.1, 0.15) is 10.4 Å². The molecule has 0 unspecified atom stereocenters. The number of hydrogen-bond donors (Lipinski definition) is 2. The molecule has 0 radical (unpaired) electrons. The van der Waals surface area contributed by atoms with E-state index in [0.717, 1.165) is 0 Å². The molecule has 2 heterocycles. The predicted octanol–water partition coefficient (Wildman–Crippen LogP) is 3.07. The van der Waals surface area contributed by atoms with Gasteiger partial charge in [0.05, 0.1) is 5.56 Å². The van der Waals surface area contributed by atoms with Crippen molar-refractivity contribution in [3.05, 3.63) is 54.2 Å². The van der Waals surface area contributed by atoms with Crippen molar-refractivity contribution in [3.63, 3.8) is 0 Å². The third kappa shape index (κ3) is 1.85. The fourth-order valence-electron chi connectivity index (χ4n) is 2.07. The Hall–Kier alpha value is -2.69. The highest BCUT2D eigenvalue weighted by Crippen LogP contribution is 2.27. The van der Waals surface area contributed by atoms with Crippen molar-refractivity contribution in [3.8, 4) is 11.1 Å². The highest BCUT2D eigenvalue weighted by atomic mass is 19.1. The molecule has 3 rings (SSSR count). The lowest BCUT2D eigenvalue weighted by Crippen LogP contribution is -1.94. The maximum atomic E-state index is 13.6. The van der Waals surface area contributed by atoms with Gasteiger partial charge in [0.25, 0.3) is 0 Å². The summed E-state index contributed by atoms with van der Waals surface area (Å²) in [7, 11) is 0. The molecule has 0 amide bonds. The monoisotopic (exact) mass is 256 g/mol. The summed E-state index contributed by atoms with van der Waals surface area (Å²) in [5.41, 5.74) is 1.81. The lowest BCUT2D eigenvalue weighted by Gasteiger charge is -2.03. The second-order valence-electron chi connectivity index (χ2n) is 4.11. The molecule has 0 aliphatic heterocycles. The molecule has 0 bridgehead atoms. The van der Waals surface area contributed by atoms with Crippen LogP contribution in [0.5, 0.6) is 0 Å². The van der Waals surface area contributed by atoms with Crippen LogP contribution < -0.4 is 0 Å². The summed E-state index contributed by atoms with van der Waals surface area (Å²) in [6.45, 7) is 0. The first-order valence-corrected chi connectivity index (χ1v) is 5.62. The minimum atomic E-state index is -1.02. The average Bonchev–Trinajstić information content (AvgIpc) is 2.82. The number of fused-ring (bicyclic) bond motifs is 1. The molecule has 1 aromatic carbocycles. The van der Waals surface area contributed by atoms with Crippen molar-refractivity contribution in [2.45, 2.75) is 0 Å². The molecule has 0 saturated heterocycles. The Bertz CT molecular complexity index is 780. The van der Waals surface area contributed by atoms with E-state index in [0.29, 0.717) is 22.0 Å². The van der Waals surface area contributed by atoms with Crippen molar-refractivity contribution in [1.82, 2.24) is 9.97 Å². The van der Waals surface area contributed by atoms with Gasteiger partial charge in [0, 0.05) is 28.9 Å². The van der Waals surface area contributed by atoms with Crippen LogP contribution in [0.2, 0.25) is 0 Å². The lowest BCUT2D eigenvalue weighted by molar-refractivity contribution is 0.0699. The number of hydrogen-bond acceptors (Lipinski definition) is 2. The molecular weight excluding hydrogens is 247 g/mol. The standard InChI is InChI=1S/C14H9FN2O2/c15-13-9(2-1-5-16-13)8-3-4-12-10(6-8)11(7-17-12)14(18)19/h1-7,17H,(H,18,19). The van der Waals surface area contributed by atoms with E-state index in [1.165, 1.54) is 12.4 Å². The van der Waals surface area contributed by atoms with Gasteiger partial charge in [-0.3, -0.25) is 0 Å². The third-order valence-corrected chi connectivity index (χ3v) is 2.98. The van der Waals surface area contributed by atoms with E-state index in [1.54, 1.807) is 30.3 Å². The third-order valence-electron chi connectivity index (χ3n) is 2.98. The number of nitrogens with zero attached hydrogens (tertiary/aromatic N) is 1. The van der Waals surface area contributed by atoms with Gasteiger partial charge in [-0.2, -0.15) is 4.39 Å². The normalized spacial score (nSPS) is 10.8. The number of nitrogens with one attached hydrogen (secondary N) is 1.